The monoisotopic (exact) mass is 519 g/mol. The van der Waals surface area contributed by atoms with Crippen LogP contribution in [0.3, 0.4) is 0 Å². The number of allylic oxidation sites excluding steroid dienone is 4. The molecule has 1 saturated heterocycles. The molecule has 5 rings (SSSR count). The lowest BCUT2D eigenvalue weighted by molar-refractivity contribution is -0.131. The third-order valence-corrected chi connectivity index (χ3v) is 7.76. The van der Waals surface area contributed by atoms with Crippen molar-refractivity contribution in [3.63, 3.8) is 0 Å². The van der Waals surface area contributed by atoms with E-state index >= 15 is 0 Å². The molecular formula is C31H28F3NO3. The van der Waals surface area contributed by atoms with E-state index in [0.29, 0.717) is 37.2 Å². The lowest BCUT2D eigenvalue weighted by Gasteiger charge is -2.33. The van der Waals surface area contributed by atoms with Crippen molar-refractivity contribution in [2.24, 2.45) is 11.8 Å². The maximum absolute atomic E-state index is 13.7. The van der Waals surface area contributed by atoms with Gasteiger partial charge in [-0.05, 0) is 67.0 Å². The Balaban J connectivity index is 1.27. The van der Waals surface area contributed by atoms with Gasteiger partial charge >= 0.3 is 6.18 Å². The summed E-state index contributed by atoms with van der Waals surface area (Å²) in [5.41, 5.74) is 3.98. The van der Waals surface area contributed by atoms with Gasteiger partial charge in [-0.1, -0.05) is 36.9 Å². The number of aromatic nitrogens is 1. The molecule has 0 amide bonds. The normalized spacial score (nSPS) is 22.3. The number of Topliss-reactive ketones (excluding diaryl/α,β-unsaturated/α-hetero) is 2. The number of benzene rings is 1. The van der Waals surface area contributed by atoms with Crippen molar-refractivity contribution in [2.45, 2.75) is 43.7 Å². The van der Waals surface area contributed by atoms with Gasteiger partial charge < -0.3 is 4.74 Å². The molecule has 2 unspecified atom stereocenters. The number of hydrogen-bond donors (Lipinski definition) is 0. The van der Waals surface area contributed by atoms with E-state index in [1.54, 1.807) is 6.07 Å². The third-order valence-electron chi connectivity index (χ3n) is 7.76. The average molecular weight is 520 g/mol. The van der Waals surface area contributed by atoms with Crippen LogP contribution in [-0.2, 0) is 14.9 Å². The number of carbonyl (C=O) groups is 2. The molecular weight excluding hydrogens is 491 g/mol. The topological polar surface area (TPSA) is 56.3 Å². The number of nitrogens with zero attached hydrogens (tertiary/aromatic N) is 1. The summed E-state index contributed by atoms with van der Waals surface area (Å²) >= 11 is 0. The molecule has 196 valence electrons. The summed E-state index contributed by atoms with van der Waals surface area (Å²) in [7, 11) is 0. The van der Waals surface area contributed by atoms with Crippen LogP contribution in [0.2, 0.25) is 0 Å². The first kappa shape index (κ1) is 26.1. The maximum Gasteiger partial charge on any atom is 0.413 e. The van der Waals surface area contributed by atoms with Gasteiger partial charge in [0.2, 0.25) is 5.78 Å². The van der Waals surface area contributed by atoms with Gasteiger partial charge in [-0.3, -0.25) is 14.6 Å². The third kappa shape index (κ3) is 5.22. The number of ether oxygens (including phenoxy) is 1. The Bertz CT molecular complexity index is 1340. The van der Waals surface area contributed by atoms with Crippen molar-refractivity contribution in [2.75, 3.05) is 13.2 Å². The van der Waals surface area contributed by atoms with E-state index < -0.39 is 17.2 Å². The lowest BCUT2D eigenvalue weighted by Crippen LogP contribution is -2.39. The molecule has 7 heteroatoms. The van der Waals surface area contributed by atoms with Gasteiger partial charge in [-0.2, -0.15) is 13.2 Å². The summed E-state index contributed by atoms with van der Waals surface area (Å²) in [4.78, 5) is 31.0. The number of pyridine rings is 1. The second-order valence-electron chi connectivity index (χ2n) is 10.2. The Kier molecular flexibility index (Phi) is 7.08. The molecule has 0 N–H and O–H groups in total. The highest BCUT2D eigenvalue weighted by Crippen LogP contribution is 2.52. The number of halogens is 3. The minimum atomic E-state index is -4.41. The lowest BCUT2D eigenvalue weighted by atomic mass is 9.74. The van der Waals surface area contributed by atoms with Crippen LogP contribution in [0.25, 0.3) is 5.57 Å². The fourth-order valence-corrected chi connectivity index (χ4v) is 5.45. The van der Waals surface area contributed by atoms with Gasteiger partial charge in [0.1, 0.15) is 11.5 Å². The summed E-state index contributed by atoms with van der Waals surface area (Å²) in [6.45, 7) is 4.88. The minimum absolute atomic E-state index is 0.154. The SMILES string of the molecule is C=C(CC1COCCC1C(=O)C1(c2ccccc2)CC1)C(=O)c1ccc(C2=C=CCC(C(F)(F)F)=C2)cn1. The number of rotatable bonds is 8. The number of carbonyl (C=O) groups excluding carboxylic acids is 2. The fourth-order valence-electron chi connectivity index (χ4n) is 5.45. The highest BCUT2D eigenvalue weighted by Gasteiger charge is 2.54. The molecule has 1 aliphatic heterocycles. The number of ketones is 2. The zero-order chi connectivity index (χ0) is 26.9. The Hall–Kier alpha value is -3.54. The molecule has 1 saturated carbocycles. The highest BCUT2D eigenvalue weighted by molar-refractivity contribution is 6.07. The van der Waals surface area contributed by atoms with Crippen LogP contribution in [0.5, 0.6) is 0 Å². The molecule has 4 nitrogen and oxygen atoms in total. The summed E-state index contributed by atoms with van der Waals surface area (Å²) < 4.78 is 44.9. The van der Waals surface area contributed by atoms with E-state index in [0.717, 1.165) is 24.5 Å². The van der Waals surface area contributed by atoms with Crippen molar-refractivity contribution >= 4 is 17.1 Å². The van der Waals surface area contributed by atoms with E-state index in [4.69, 9.17) is 4.74 Å². The van der Waals surface area contributed by atoms with Crippen LogP contribution in [0.15, 0.2) is 84.3 Å². The molecule has 2 fully saturated rings. The number of hydrogen-bond acceptors (Lipinski definition) is 4. The first-order valence-electron chi connectivity index (χ1n) is 12.8. The quantitative estimate of drug-likeness (QED) is 0.224. The summed E-state index contributed by atoms with van der Waals surface area (Å²) in [6, 6.07) is 12.9. The van der Waals surface area contributed by atoms with Crippen LogP contribution >= 0.6 is 0 Å². The minimum Gasteiger partial charge on any atom is -0.381 e. The fraction of sp³-hybridized carbons (Fsp3) is 0.355. The predicted molar refractivity (Wildman–Crippen MR) is 137 cm³/mol. The van der Waals surface area contributed by atoms with Crippen LogP contribution in [0.4, 0.5) is 13.2 Å². The van der Waals surface area contributed by atoms with Crippen LogP contribution in [0, 0.1) is 11.8 Å². The van der Waals surface area contributed by atoms with Crippen molar-refractivity contribution < 1.29 is 27.5 Å². The smallest absolute Gasteiger partial charge is 0.381 e. The van der Waals surface area contributed by atoms with Gasteiger partial charge in [-0.25, -0.2) is 0 Å². The molecule has 2 atom stereocenters. The Labute approximate surface area is 219 Å². The van der Waals surface area contributed by atoms with Crippen molar-refractivity contribution in [1.82, 2.24) is 4.98 Å². The van der Waals surface area contributed by atoms with Gasteiger partial charge in [0.15, 0.2) is 0 Å². The van der Waals surface area contributed by atoms with E-state index in [2.05, 4.69) is 17.3 Å². The molecule has 2 aromatic rings. The van der Waals surface area contributed by atoms with E-state index in [-0.39, 0.29) is 41.1 Å². The molecule has 38 heavy (non-hydrogen) atoms. The standard InChI is InChI=1S/C31H28F3NO3/c1-20(28(36)27-11-10-22(18-35-27)21-6-5-9-25(17-21)31(32,33)34)16-23-19-38-15-12-26(23)29(37)30(13-14-30)24-7-3-2-4-8-24/h2-5,7-8,10-11,17-18,23,26H,1,9,12-16,19H2. The second-order valence-corrected chi connectivity index (χ2v) is 10.2. The first-order chi connectivity index (χ1) is 18.2. The second kappa shape index (κ2) is 10.3. The van der Waals surface area contributed by atoms with Crippen LogP contribution in [0.1, 0.15) is 53.7 Å². The highest BCUT2D eigenvalue weighted by atomic mass is 19.4. The molecule has 3 aliphatic rings. The Morgan fingerprint density at radius 1 is 1.13 bits per heavy atom. The number of alkyl halides is 3. The van der Waals surface area contributed by atoms with E-state index in [9.17, 15) is 22.8 Å². The summed E-state index contributed by atoms with van der Waals surface area (Å²) in [5.74, 6) is -0.500. The van der Waals surface area contributed by atoms with Gasteiger partial charge in [0.25, 0.3) is 0 Å². The maximum atomic E-state index is 13.7. The van der Waals surface area contributed by atoms with Gasteiger partial charge in [-0.15, -0.1) is 5.73 Å². The van der Waals surface area contributed by atoms with Gasteiger partial charge in [0, 0.05) is 41.9 Å². The molecule has 1 aromatic heterocycles. The molecule has 0 bridgehead atoms. The van der Waals surface area contributed by atoms with Crippen molar-refractivity contribution in [3.05, 3.63) is 101 Å². The van der Waals surface area contributed by atoms with Gasteiger partial charge in [0.05, 0.1) is 12.0 Å². The molecule has 2 heterocycles. The molecule has 0 radical (unpaired) electrons. The zero-order valence-corrected chi connectivity index (χ0v) is 20.9. The first-order valence-corrected chi connectivity index (χ1v) is 12.8. The van der Waals surface area contributed by atoms with Crippen molar-refractivity contribution in [1.29, 1.82) is 0 Å². The predicted octanol–water partition coefficient (Wildman–Crippen LogP) is 6.60. The van der Waals surface area contributed by atoms with E-state index in [1.165, 1.54) is 18.3 Å². The molecule has 2 aliphatic carbocycles. The summed E-state index contributed by atoms with van der Waals surface area (Å²) in [6.07, 6.45) is 1.73. The Morgan fingerprint density at radius 3 is 2.55 bits per heavy atom. The summed E-state index contributed by atoms with van der Waals surface area (Å²) in [5, 5.41) is 0. The van der Waals surface area contributed by atoms with Crippen LogP contribution < -0.4 is 0 Å². The zero-order valence-electron chi connectivity index (χ0n) is 20.9. The molecule has 1 aromatic carbocycles. The largest absolute Gasteiger partial charge is 0.413 e. The Morgan fingerprint density at radius 2 is 1.89 bits per heavy atom. The van der Waals surface area contributed by atoms with E-state index in [1.807, 2.05) is 30.3 Å². The average Bonchev–Trinajstić information content (AvgIpc) is 3.75. The van der Waals surface area contributed by atoms with Crippen molar-refractivity contribution in [3.8, 4) is 0 Å². The van der Waals surface area contributed by atoms with Crippen LogP contribution in [-0.4, -0.2) is 35.9 Å². The molecule has 0 spiro atoms.